The third-order valence-corrected chi connectivity index (χ3v) is 7.14. The standard InChI is InChI=1S/C22H18Cl2N2O4S/c23-16-5-3-6-17(12-16)25-22(27)14-30-21-9-8-18(13-19(21)24)31(28,29)26-11-10-15-4-1-2-7-20(15)26/h1-9,12-13H,10-11,14H2,(H,25,27). The van der Waals surface area contributed by atoms with Crippen LogP contribution in [0.4, 0.5) is 11.4 Å². The number of halogens is 2. The molecule has 0 spiro atoms. The number of carbonyl (C=O) groups is 1. The molecule has 9 heteroatoms. The average Bonchev–Trinajstić information content (AvgIpc) is 3.18. The van der Waals surface area contributed by atoms with Crippen molar-refractivity contribution in [3.8, 4) is 5.75 Å². The Labute approximate surface area is 190 Å². The lowest BCUT2D eigenvalue weighted by atomic mass is 10.2. The predicted octanol–water partition coefficient (Wildman–Crippen LogP) is 4.76. The summed E-state index contributed by atoms with van der Waals surface area (Å²) in [5.74, 6) is -0.188. The lowest BCUT2D eigenvalue weighted by Gasteiger charge is -2.20. The van der Waals surface area contributed by atoms with Crippen molar-refractivity contribution in [1.29, 1.82) is 0 Å². The smallest absolute Gasteiger partial charge is 0.264 e. The van der Waals surface area contributed by atoms with Crippen LogP contribution in [-0.2, 0) is 21.2 Å². The van der Waals surface area contributed by atoms with E-state index in [0.717, 1.165) is 5.56 Å². The Balaban J connectivity index is 1.45. The van der Waals surface area contributed by atoms with E-state index in [1.165, 1.54) is 22.5 Å². The molecule has 160 valence electrons. The van der Waals surface area contributed by atoms with E-state index in [1.807, 2.05) is 18.2 Å². The first kappa shape index (κ1) is 21.5. The molecule has 0 fully saturated rings. The third kappa shape index (κ3) is 4.63. The molecule has 0 radical (unpaired) electrons. The molecule has 3 aromatic carbocycles. The second kappa shape index (κ2) is 8.78. The van der Waals surface area contributed by atoms with Crippen molar-refractivity contribution < 1.29 is 17.9 Å². The minimum absolute atomic E-state index is 0.0601. The lowest BCUT2D eigenvalue weighted by Crippen LogP contribution is -2.29. The van der Waals surface area contributed by atoms with Gasteiger partial charge in [0.25, 0.3) is 15.9 Å². The molecular weight excluding hydrogens is 459 g/mol. The van der Waals surface area contributed by atoms with Crippen molar-refractivity contribution in [1.82, 2.24) is 0 Å². The third-order valence-electron chi connectivity index (χ3n) is 4.80. The second-order valence-electron chi connectivity index (χ2n) is 6.90. The van der Waals surface area contributed by atoms with E-state index in [2.05, 4.69) is 5.32 Å². The summed E-state index contributed by atoms with van der Waals surface area (Å²) in [7, 11) is -3.77. The van der Waals surface area contributed by atoms with Crippen molar-refractivity contribution in [3.63, 3.8) is 0 Å². The fourth-order valence-electron chi connectivity index (χ4n) is 3.35. The second-order valence-corrected chi connectivity index (χ2v) is 9.60. The summed E-state index contributed by atoms with van der Waals surface area (Å²) in [6.45, 7) is 0.0824. The summed E-state index contributed by atoms with van der Waals surface area (Å²) in [5.41, 5.74) is 2.21. The predicted molar refractivity (Wildman–Crippen MR) is 122 cm³/mol. The first-order chi connectivity index (χ1) is 14.8. The van der Waals surface area contributed by atoms with Crippen LogP contribution in [0.3, 0.4) is 0 Å². The maximum atomic E-state index is 13.1. The Kier molecular flexibility index (Phi) is 6.09. The topological polar surface area (TPSA) is 75.7 Å². The van der Waals surface area contributed by atoms with Crippen molar-refractivity contribution in [2.45, 2.75) is 11.3 Å². The number of nitrogens with zero attached hydrogens (tertiary/aromatic N) is 1. The highest BCUT2D eigenvalue weighted by molar-refractivity contribution is 7.92. The molecule has 1 N–H and O–H groups in total. The molecule has 1 aliphatic rings. The number of fused-ring (bicyclic) bond motifs is 1. The Morgan fingerprint density at radius 3 is 2.61 bits per heavy atom. The molecule has 0 unspecified atom stereocenters. The highest BCUT2D eigenvalue weighted by Crippen LogP contribution is 2.35. The Morgan fingerprint density at radius 2 is 1.84 bits per heavy atom. The zero-order valence-electron chi connectivity index (χ0n) is 16.2. The molecule has 6 nitrogen and oxygen atoms in total. The van der Waals surface area contributed by atoms with Gasteiger partial charge >= 0.3 is 0 Å². The molecule has 1 heterocycles. The maximum Gasteiger partial charge on any atom is 0.264 e. The summed E-state index contributed by atoms with van der Waals surface area (Å²) >= 11 is 12.1. The minimum Gasteiger partial charge on any atom is -0.482 e. The van der Waals surface area contributed by atoms with E-state index in [-0.39, 0.29) is 22.3 Å². The van der Waals surface area contributed by atoms with Crippen LogP contribution in [0.25, 0.3) is 0 Å². The van der Waals surface area contributed by atoms with Gasteiger partial charge < -0.3 is 10.1 Å². The average molecular weight is 477 g/mol. The molecule has 0 aromatic heterocycles. The van der Waals surface area contributed by atoms with Gasteiger partial charge in [-0.3, -0.25) is 9.10 Å². The molecular formula is C22H18Cl2N2O4S. The largest absolute Gasteiger partial charge is 0.482 e. The molecule has 31 heavy (non-hydrogen) atoms. The molecule has 4 rings (SSSR count). The summed E-state index contributed by atoms with van der Waals surface area (Å²) in [6.07, 6.45) is 0.659. The van der Waals surface area contributed by atoms with Gasteiger partial charge in [-0.1, -0.05) is 47.5 Å². The van der Waals surface area contributed by atoms with Crippen LogP contribution < -0.4 is 14.4 Å². The number of hydrogen-bond acceptors (Lipinski definition) is 4. The SMILES string of the molecule is O=C(COc1ccc(S(=O)(=O)N2CCc3ccccc32)cc1Cl)Nc1cccc(Cl)c1. The molecule has 0 aliphatic carbocycles. The number of ether oxygens (including phenoxy) is 1. The Bertz CT molecular complexity index is 1250. The summed E-state index contributed by atoms with van der Waals surface area (Å²) in [5, 5.41) is 3.26. The van der Waals surface area contributed by atoms with Gasteiger partial charge in [0, 0.05) is 17.3 Å². The van der Waals surface area contributed by atoms with E-state index >= 15 is 0 Å². The van der Waals surface area contributed by atoms with Gasteiger partial charge in [0.1, 0.15) is 5.75 Å². The molecule has 0 bridgehead atoms. The number of anilines is 2. The number of sulfonamides is 1. The van der Waals surface area contributed by atoms with Crippen molar-refractivity contribution in [2.24, 2.45) is 0 Å². The number of rotatable bonds is 6. The van der Waals surface area contributed by atoms with Gasteiger partial charge in [-0.2, -0.15) is 0 Å². The monoisotopic (exact) mass is 476 g/mol. The molecule has 3 aromatic rings. The highest BCUT2D eigenvalue weighted by Gasteiger charge is 2.31. The number of hydrogen-bond donors (Lipinski definition) is 1. The van der Waals surface area contributed by atoms with Gasteiger partial charge in [0.2, 0.25) is 0 Å². The van der Waals surface area contributed by atoms with Gasteiger partial charge in [-0.25, -0.2) is 8.42 Å². The van der Waals surface area contributed by atoms with Crippen LogP contribution in [0.5, 0.6) is 5.75 Å². The van der Waals surface area contributed by atoms with Crippen molar-refractivity contribution in [3.05, 3.63) is 82.3 Å². The van der Waals surface area contributed by atoms with Crippen LogP contribution in [0, 0.1) is 0 Å². The molecule has 1 amide bonds. The van der Waals surface area contributed by atoms with Crippen molar-refractivity contribution >= 4 is 50.5 Å². The fraction of sp³-hybridized carbons (Fsp3) is 0.136. The quantitative estimate of drug-likeness (QED) is 0.556. The van der Waals surface area contributed by atoms with Crippen LogP contribution in [0.2, 0.25) is 10.0 Å². The van der Waals surface area contributed by atoms with Crippen LogP contribution in [0.15, 0.2) is 71.6 Å². The molecule has 0 atom stereocenters. The normalized spacial score (nSPS) is 13.0. The number of nitrogens with one attached hydrogen (secondary N) is 1. The Morgan fingerprint density at radius 1 is 1.03 bits per heavy atom. The van der Waals surface area contributed by atoms with Gasteiger partial charge in [-0.15, -0.1) is 0 Å². The summed E-state index contributed by atoms with van der Waals surface area (Å²) in [6, 6.07) is 18.3. The van der Waals surface area contributed by atoms with Gasteiger partial charge in [0.15, 0.2) is 6.61 Å². The number of amides is 1. The van der Waals surface area contributed by atoms with E-state index in [9.17, 15) is 13.2 Å². The molecule has 0 saturated carbocycles. The number of benzene rings is 3. The van der Waals surface area contributed by atoms with Gasteiger partial charge in [0.05, 0.1) is 15.6 Å². The molecule has 0 saturated heterocycles. The molecule has 1 aliphatic heterocycles. The maximum absolute atomic E-state index is 13.1. The van der Waals surface area contributed by atoms with E-state index in [1.54, 1.807) is 30.3 Å². The zero-order chi connectivity index (χ0) is 22.0. The van der Waals surface area contributed by atoms with E-state index in [0.29, 0.717) is 29.4 Å². The van der Waals surface area contributed by atoms with Crippen LogP contribution in [-0.4, -0.2) is 27.5 Å². The number of para-hydroxylation sites is 1. The first-order valence-corrected chi connectivity index (χ1v) is 11.6. The fourth-order valence-corrected chi connectivity index (χ4v) is 5.37. The number of carbonyl (C=O) groups excluding carboxylic acids is 1. The summed E-state index contributed by atoms with van der Waals surface area (Å²) in [4.78, 5) is 12.2. The van der Waals surface area contributed by atoms with Gasteiger partial charge in [-0.05, 0) is 54.4 Å². The highest BCUT2D eigenvalue weighted by atomic mass is 35.5. The zero-order valence-corrected chi connectivity index (χ0v) is 18.5. The van der Waals surface area contributed by atoms with E-state index < -0.39 is 15.9 Å². The minimum atomic E-state index is -3.77. The summed E-state index contributed by atoms with van der Waals surface area (Å²) < 4.78 is 33.1. The lowest BCUT2D eigenvalue weighted by molar-refractivity contribution is -0.118. The first-order valence-electron chi connectivity index (χ1n) is 9.43. The van der Waals surface area contributed by atoms with Crippen LogP contribution >= 0.6 is 23.2 Å². The van der Waals surface area contributed by atoms with Crippen LogP contribution in [0.1, 0.15) is 5.56 Å². The van der Waals surface area contributed by atoms with E-state index in [4.69, 9.17) is 27.9 Å². The van der Waals surface area contributed by atoms with Crippen molar-refractivity contribution in [2.75, 3.05) is 22.8 Å². The Hall–Kier alpha value is -2.74.